The van der Waals surface area contributed by atoms with Gasteiger partial charge >= 0.3 is 0 Å². The number of hydrogen-bond donors (Lipinski definition) is 2. The molecule has 0 fully saturated rings. The van der Waals surface area contributed by atoms with Crippen molar-refractivity contribution in [3.63, 3.8) is 0 Å². The predicted molar refractivity (Wildman–Crippen MR) is 77.2 cm³/mol. The molecule has 0 aliphatic heterocycles. The molecule has 0 bridgehead atoms. The summed E-state index contributed by atoms with van der Waals surface area (Å²) in [6.07, 6.45) is -0.859. The molecule has 3 N–H and O–H groups in total. The number of halogens is 1. The van der Waals surface area contributed by atoms with Gasteiger partial charge in [0.2, 0.25) is 0 Å². The Morgan fingerprint density at radius 2 is 1.83 bits per heavy atom. The van der Waals surface area contributed by atoms with E-state index in [0.29, 0.717) is 11.3 Å². The van der Waals surface area contributed by atoms with Crippen LogP contribution in [0.15, 0.2) is 24.3 Å². The van der Waals surface area contributed by atoms with Crippen LogP contribution in [0.1, 0.15) is 31.9 Å². The Labute approximate surface area is 116 Å². The standard InChI is InChI=1S/C12H18BrNO3S/c1-3-12(13,18(16,17)4-2)11(15)9-5-7-10(14)8-6-9/h5-8,11,15H,3-4,14H2,1-2H3/t11-,12+/m0/s1. The van der Waals surface area contributed by atoms with Crippen LogP contribution in [0.3, 0.4) is 0 Å². The van der Waals surface area contributed by atoms with Crippen molar-refractivity contribution in [2.75, 3.05) is 11.5 Å². The van der Waals surface area contributed by atoms with Crippen LogP contribution >= 0.6 is 15.9 Å². The summed E-state index contributed by atoms with van der Waals surface area (Å²) in [6.45, 7) is 3.29. The summed E-state index contributed by atoms with van der Waals surface area (Å²) in [6, 6.07) is 6.55. The molecule has 0 aliphatic rings. The molecule has 102 valence electrons. The van der Waals surface area contributed by atoms with Crippen molar-refractivity contribution in [2.45, 2.75) is 30.0 Å². The van der Waals surface area contributed by atoms with Gasteiger partial charge in [0, 0.05) is 11.4 Å². The van der Waals surface area contributed by atoms with E-state index >= 15 is 0 Å². The molecule has 0 aromatic heterocycles. The quantitative estimate of drug-likeness (QED) is 0.638. The van der Waals surface area contributed by atoms with Gasteiger partial charge in [0.05, 0.1) is 0 Å². The van der Waals surface area contributed by atoms with Crippen LogP contribution in [0.25, 0.3) is 0 Å². The number of benzene rings is 1. The minimum absolute atomic E-state index is 0.0296. The second kappa shape index (κ2) is 5.59. The predicted octanol–water partition coefficient (Wildman–Crippen LogP) is 2.24. The van der Waals surface area contributed by atoms with Crippen LogP contribution in [-0.2, 0) is 9.84 Å². The first kappa shape index (κ1) is 15.5. The summed E-state index contributed by atoms with van der Waals surface area (Å²) < 4.78 is 22.8. The lowest BCUT2D eigenvalue weighted by Crippen LogP contribution is -2.39. The van der Waals surface area contributed by atoms with Gasteiger partial charge in [0.25, 0.3) is 0 Å². The number of hydrogen-bond acceptors (Lipinski definition) is 4. The minimum Gasteiger partial charge on any atom is -0.399 e. The van der Waals surface area contributed by atoms with Gasteiger partial charge in [-0.1, -0.05) is 41.9 Å². The first-order chi connectivity index (χ1) is 8.28. The summed E-state index contributed by atoms with van der Waals surface area (Å²) >= 11 is 3.22. The Bertz CT molecular complexity index is 501. The van der Waals surface area contributed by atoms with Gasteiger partial charge in [-0.15, -0.1) is 0 Å². The fraction of sp³-hybridized carbons (Fsp3) is 0.500. The summed E-state index contributed by atoms with van der Waals surface area (Å²) in [5.74, 6) is -0.0296. The van der Waals surface area contributed by atoms with Crippen molar-refractivity contribution in [1.29, 1.82) is 0 Å². The number of alkyl halides is 1. The van der Waals surface area contributed by atoms with Crippen LogP contribution in [0.2, 0.25) is 0 Å². The molecule has 0 saturated heterocycles. The fourth-order valence-electron chi connectivity index (χ4n) is 1.75. The van der Waals surface area contributed by atoms with Crippen molar-refractivity contribution in [1.82, 2.24) is 0 Å². The summed E-state index contributed by atoms with van der Waals surface area (Å²) in [5, 5.41) is 10.3. The summed E-state index contributed by atoms with van der Waals surface area (Å²) in [5.41, 5.74) is 6.67. The van der Waals surface area contributed by atoms with E-state index in [1.54, 1.807) is 38.1 Å². The minimum atomic E-state index is -3.43. The molecule has 0 heterocycles. The average Bonchev–Trinajstić information content (AvgIpc) is 2.37. The van der Waals surface area contributed by atoms with E-state index in [1.807, 2.05) is 0 Å². The third kappa shape index (κ3) is 2.70. The Balaban J connectivity index is 3.21. The zero-order valence-electron chi connectivity index (χ0n) is 10.4. The average molecular weight is 336 g/mol. The Kier molecular flexibility index (Phi) is 4.80. The molecule has 18 heavy (non-hydrogen) atoms. The Morgan fingerprint density at radius 3 is 2.22 bits per heavy atom. The number of sulfone groups is 1. The number of anilines is 1. The molecule has 1 rings (SSSR count). The number of aliphatic hydroxyl groups is 1. The van der Waals surface area contributed by atoms with E-state index in [4.69, 9.17) is 5.73 Å². The molecule has 1 aromatic rings. The van der Waals surface area contributed by atoms with E-state index in [1.165, 1.54) is 0 Å². The Hall–Kier alpha value is -0.590. The highest BCUT2D eigenvalue weighted by Crippen LogP contribution is 2.42. The van der Waals surface area contributed by atoms with Crippen molar-refractivity contribution >= 4 is 31.5 Å². The van der Waals surface area contributed by atoms with Gasteiger partial charge in [-0.25, -0.2) is 8.42 Å². The number of aliphatic hydroxyl groups excluding tert-OH is 1. The molecule has 4 nitrogen and oxygen atoms in total. The third-order valence-electron chi connectivity index (χ3n) is 3.04. The highest BCUT2D eigenvalue weighted by atomic mass is 79.9. The lowest BCUT2D eigenvalue weighted by atomic mass is 10.0. The molecule has 0 amide bonds. The van der Waals surface area contributed by atoms with Crippen LogP contribution in [0.4, 0.5) is 5.69 Å². The lowest BCUT2D eigenvalue weighted by molar-refractivity contribution is 0.160. The zero-order valence-corrected chi connectivity index (χ0v) is 12.8. The van der Waals surface area contributed by atoms with E-state index in [9.17, 15) is 13.5 Å². The topological polar surface area (TPSA) is 80.4 Å². The molecule has 0 spiro atoms. The molecular formula is C12H18BrNO3S. The first-order valence-corrected chi connectivity index (χ1v) is 8.17. The van der Waals surface area contributed by atoms with Crippen molar-refractivity contribution in [3.05, 3.63) is 29.8 Å². The smallest absolute Gasteiger partial charge is 0.168 e. The van der Waals surface area contributed by atoms with Crippen LogP contribution in [0.5, 0.6) is 0 Å². The molecule has 0 radical (unpaired) electrons. The van der Waals surface area contributed by atoms with Gasteiger partial charge < -0.3 is 10.8 Å². The molecular weight excluding hydrogens is 318 g/mol. The van der Waals surface area contributed by atoms with Crippen molar-refractivity contribution in [2.24, 2.45) is 0 Å². The Morgan fingerprint density at radius 1 is 1.33 bits per heavy atom. The molecule has 0 aliphatic carbocycles. The fourth-order valence-corrected chi connectivity index (χ4v) is 4.10. The zero-order chi connectivity index (χ0) is 14.0. The highest BCUT2D eigenvalue weighted by Gasteiger charge is 2.45. The van der Waals surface area contributed by atoms with Gasteiger partial charge in [-0.05, 0) is 24.1 Å². The maximum absolute atomic E-state index is 12.1. The second-order valence-electron chi connectivity index (χ2n) is 4.11. The lowest BCUT2D eigenvalue weighted by Gasteiger charge is -2.31. The normalized spacial score (nSPS) is 17.1. The van der Waals surface area contributed by atoms with E-state index in [0.717, 1.165) is 0 Å². The van der Waals surface area contributed by atoms with E-state index in [-0.39, 0.29) is 12.2 Å². The SMILES string of the molecule is CC[C@](Br)([C@@H](O)c1ccc(N)cc1)S(=O)(=O)CC. The largest absolute Gasteiger partial charge is 0.399 e. The van der Waals surface area contributed by atoms with Gasteiger partial charge in [-0.3, -0.25) is 0 Å². The van der Waals surface area contributed by atoms with Crippen LogP contribution in [-0.4, -0.2) is 22.9 Å². The first-order valence-electron chi connectivity index (χ1n) is 5.73. The van der Waals surface area contributed by atoms with Gasteiger partial charge in [-0.2, -0.15) is 0 Å². The number of nitrogens with two attached hydrogens (primary N) is 1. The number of nitrogen functional groups attached to an aromatic ring is 1. The van der Waals surface area contributed by atoms with Gasteiger partial charge in [0.15, 0.2) is 13.5 Å². The molecule has 0 unspecified atom stereocenters. The molecule has 2 atom stereocenters. The summed E-state index contributed by atoms with van der Waals surface area (Å²) in [4.78, 5) is 0. The van der Waals surface area contributed by atoms with E-state index in [2.05, 4.69) is 15.9 Å². The van der Waals surface area contributed by atoms with Crippen LogP contribution < -0.4 is 5.73 Å². The maximum atomic E-state index is 12.1. The summed E-state index contributed by atoms with van der Waals surface area (Å²) in [7, 11) is -3.43. The molecule has 6 heteroatoms. The second-order valence-corrected chi connectivity index (χ2v) is 8.59. The van der Waals surface area contributed by atoms with Crippen molar-refractivity contribution < 1.29 is 13.5 Å². The molecule has 1 aromatic carbocycles. The van der Waals surface area contributed by atoms with Crippen LogP contribution in [0, 0.1) is 0 Å². The van der Waals surface area contributed by atoms with Crippen molar-refractivity contribution in [3.8, 4) is 0 Å². The van der Waals surface area contributed by atoms with Gasteiger partial charge in [0.1, 0.15) is 6.10 Å². The monoisotopic (exact) mass is 335 g/mol. The number of rotatable bonds is 5. The highest BCUT2D eigenvalue weighted by molar-refractivity contribution is 9.11. The maximum Gasteiger partial charge on any atom is 0.168 e. The molecule has 0 saturated carbocycles. The van der Waals surface area contributed by atoms with E-state index < -0.39 is 19.6 Å². The third-order valence-corrected chi connectivity index (χ3v) is 7.82.